The summed E-state index contributed by atoms with van der Waals surface area (Å²) >= 11 is 7.16. The van der Waals surface area contributed by atoms with Gasteiger partial charge in [0.25, 0.3) is 0 Å². The molecule has 1 amide bonds. The highest BCUT2D eigenvalue weighted by molar-refractivity contribution is 8.00. The van der Waals surface area contributed by atoms with Gasteiger partial charge < -0.3 is 10.2 Å². The Labute approximate surface area is 146 Å². The SMILES string of the molecule is CC1CN(C(=O)CSCC(=O)c2ccc(Cl)cc2)CCN1.Cl. The first-order valence-corrected chi connectivity index (χ1v) is 8.47. The average molecular weight is 363 g/mol. The van der Waals surface area contributed by atoms with E-state index in [9.17, 15) is 9.59 Å². The zero-order valence-corrected chi connectivity index (χ0v) is 14.8. The van der Waals surface area contributed by atoms with Gasteiger partial charge in [0.05, 0.1) is 11.5 Å². The van der Waals surface area contributed by atoms with Crippen molar-refractivity contribution >= 4 is 47.5 Å². The van der Waals surface area contributed by atoms with Crippen LogP contribution in [0, 0.1) is 0 Å². The summed E-state index contributed by atoms with van der Waals surface area (Å²) in [4.78, 5) is 25.9. The highest BCUT2D eigenvalue weighted by Gasteiger charge is 2.20. The molecule has 0 bridgehead atoms. The van der Waals surface area contributed by atoms with Gasteiger partial charge in [0, 0.05) is 36.3 Å². The van der Waals surface area contributed by atoms with E-state index in [1.54, 1.807) is 24.3 Å². The quantitative estimate of drug-likeness (QED) is 0.817. The van der Waals surface area contributed by atoms with Crippen LogP contribution in [0.2, 0.25) is 5.02 Å². The lowest BCUT2D eigenvalue weighted by molar-refractivity contribution is -0.129. The van der Waals surface area contributed by atoms with Crippen LogP contribution < -0.4 is 5.32 Å². The average Bonchev–Trinajstić information content (AvgIpc) is 2.47. The molecule has 1 aromatic carbocycles. The summed E-state index contributed by atoms with van der Waals surface area (Å²) in [5.41, 5.74) is 0.634. The summed E-state index contributed by atoms with van der Waals surface area (Å²) in [7, 11) is 0. The lowest BCUT2D eigenvalue weighted by atomic mass is 10.1. The summed E-state index contributed by atoms with van der Waals surface area (Å²) in [6.45, 7) is 4.39. The molecule has 0 saturated carbocycles. The van der Waals surface area contributed by atoms with E-state index in [-0.39, 0.29) is 24.1 Å². The summed E-state index contributed by atoms with van der Waals surface area (Å²) in [6.07, 6.45) is 0. The molecule has 1 fully saturated rings. The van der Waals surface area contributed by atoms with Crippen molar-refractivity contribution < 1.29 is 9.59 Å². The fourth-order valence-corrected chi connectivity index (χ4v) is 3.14. The largest absolute Gasteiger partial charge is 0.339 e. The molecular formula is C15H20Cl2N2O2S. The molecule has 122 valence electrons. The Hall–Kier alpha value is -0.750. The molecule has 1 aliphatic heterocycles. The van der Waals surface area contributed by atoms with E-state index in [1.807, 2.05) is 4.90 Å². The minimum absolute atomic E-state index is 0. The van der Waals surface area contributed by atoms with Crippen molar-refractivity contribution in [1.29, 1.82) is 0 Å². The van der Waals surface area contributed by atoms with Crippen molar-refractivity contribution in [3.05, 3.63) is 34.9 Å². The molecule has 0 spiro atoms. The predicted molar refractivity (Wildman–Crippen MR) is 94.4 cm³/mol. The number of amides is 1. The molecule has 1 aromatic rings. The normalized spacial score (nSPS) is 17.7. The maximum Gasteiger partial charge on any atom is 0.232 e. The summed E-state index contributed by atoms with van der Waals surface area (Å²) in [5, 5.41) is 3.91. The molecule has 1 N–H and O–H groups in total. The zero-order valence-electron chi connectivity index (χ0n) is 12.4. The number of nitrogens with one attached hydrogen (secondary N) is 1. The van der Waals surface area contributed by atoms with E-state index in [0.29, 0.717) is 28.1 Å². The number of benzene rings is 1. The van der Waals surface area contributed by atoms with Gasteiger partial charge in [-0.2, -0.15) is 0 Å². The molecule has 0 radical (unpaired) electrons. The lowest BCUT2D eigenvalue weighted by Gasteiger charge is -2.31. The first kappa shape index (κ1) is 19.3. The van der Waals surface area contributed by atoms with Gasteiger partial charge in [-0.05, 0) is 31.2 Å². The van der Waals surface area contributed by atoms with E-state index < -0.39 is 0 Å². The molecule has 4 nitrogen and oxygen atoms in total. The van der Waals surface area contributed by atoms with Gasteiger partial charge in [-0.15, -0.1) is 24.2 Å². The van der Waals surface area contributed by atoms with Gasteiger partial charge in [0.15, 0.2) is 5.78 Å². The van der Waals surface area contributed by atoms with Crippen LogP contribution in [0.25, 0.3) is 0 Å². The topological polar surface area (TPSA) is 49.4 Å². The van der Waals surface area contributed by atoms with Crippen LogP contribution >= 0.6 is 35.8 Å². The van der Waals surface area contributed by atoms with Crippen molar-refractivity contribution in [3.8, 4) is 0 Å². The van der Waals surface area contributed by atoms with E-state index >= 15 is 0 Å². The second kappa shape index (κ2) is 9.40. The third-order valence-corrected chi connectivity index (χ3v) is 4.52. The third kappa shape index (κ3) is 5.80. The van der Waals surface area contributed by atoms with Gasteiger partial charge in [0.1, 0.15) is 0 Å². The Bertz CT molecular complexity index is 511. The van der Waals surface area contributed by atoms with Crippen molar-refractivity contribution in [3.63, 3.8) is 0 Å². The van der Waals surface area contributed by atoms with E-state index in [2.05, 4.69) is 12.2 Å². The Morgan fingerprint density at radius 3 is 2.64 bits per heavy atom. The summed E-state index contributed by atoms with van der Waals surface area (Å²) in [6, 6.07) is 7.17. The van der Waals surface area contributed by atoms with Gasteiger partial charge in [0.2, 0.25) is 5.91 Å². The second-order valence-electron chi connectivity index (χ2n) is 5.12. The van der Waals surface area contributed by atoms with E-state index in [1.165, 1.54) is 11.8 Å². The van der Waals surface area contributed by atoms with Gasteiger partial charge >= 0.3 is 0 Å². The predicted octanol–water partition coefficient (Wildman–Crippen LogP) is 2.50. The van der Waals surface area contributed by atoms with E-state index in [4.69, 9.17) is 11.6 Å². The number of halogens is 2. The monoisotopic (exact) mass is 362 g/mol. The molecule has 1 atom stereocenters. The maximum atomic E-state index is 12.1. The van der Waals surface area contributed by atoms with Crippen molar-refractivity contribution in [1.82, 2.24) is 10.2 Å². The molecule has 0 aromatic heterocycles. The number of rotatable bonds is 5. The number of carbonyl (C=O) groups excluding carboxylic acids is 2. The highest BCUT2D eigenvalue weighted by Crippen LogP contribution is 2.13. The Kier molecular flexibility index (Phi) is 8.25. The fraction of sp³-hybridized carbons (Fsp3) is 0.467. The van der Waals surface area contributed by atoms with Crippen LogP contribution in [0.4, 0.5) is 0 Å². The number of ketones is 1. The minimum atomic E-state index is 0. The second-order valence-corrected chi connectivity index (χ2v) is 6.54. The molecule has 1 unspecified atom stereocenters. The number of thioether (sulfide) groups is 1. The standard InChI is InChI=1S/C15H19ClN2O2S.ClH/c1-11-8-18(7-6-17-11)15(20)10-21-9-14(19)12-2-4-13(16)5-3-12;/h2-5,11,17H,6-10H2,1H3;1H. The van der Waals surface area contributed by atoms with Gasteiger partial charge in [-0.25, -0.2) is 0 Å². The molecule has 1 saturated heterocycles. The van der Waals surface area contributed by atoms with Crippen molar-refractivity contribution in [2.45, 2.75) is 13.0 Å². The number of hydrogen-bond donors (Lipinski definition) is 1. The number of piperazine rings is 1. The van der Waals surface area contributed by atoms with Crippen LogP contribution in [0.5, 0.6) is 0 Å². The highest BCUT2D eigenvalue weighted by atomic mass is 35.5. The molecular weight excluding hydrogens is 343 g/mol. The Morgan fingerprint density at radius 1 is 1.32 bits per heavy atom. The van der Waals surface area contributed by atoms with Gasteiger partial charge in [-0.3, -0.25) is 9.59 Å². The van der Waals surface area contributed by atoms with Crippen LogP contribution in [-0.4, -0.2) is 53.8 Å². The molecule has 22 heavy (non-hydrogen) atoms. The molecule has 7 heteroatoms. The zero-order chi connectivity index (χ0) is 15.2. The molecule has 0 aliphatic carbocycles. The number of hydrogen-bond acceptors (Lipinski definition) is 4. The fourth-order valence-electron chi connectivity index (χ4n) is 2.20. The molecule has 1 heterocycles. The van der Waals surface area contributed by atoms with Crippen molar-refractivity contribution in [2.24, 2.45) is 0 Å². The molecule has 2 rings (SSSR count). The summed E-state index contributed by atoms with van der Waals surface area (Å²) in [5.74, 6) is 0.802. The van der Waals surface area contributed by atoms with Gasteiger partial charge in [-0.1, -0.05) is 11.6 Å². The molecule has 1 aliphatic rings. The first-order chi connectivity index (χ1) is 10.1. The van der Waals surface area contributed by atoms with Crippen LogP contribution in [0.1, 0.15) is 17.3 Å². The maximum absolute atomic E-state index is 12.1. The van der Waals surface area contributed by atoms with Crippen LogP contribution in [0.3, 0.4) is 0 Å². The van der Waals surface area contributed by atoms with Crippen LogP contribution in [-0.2, 0) is 4.79 Å². The van der Waals surface area contributed by atoms with Crippen LogP contribution in [0.15, 0.2) is 24.3 Å². The Morgan fingerprint density at radius 2 is 2.00 bits per heavy atom. The summed E-state index contributed by atoms with van der Waals surface area (Å²) < 4.78 is 0. The number of carbonyl (C=O) groups is 2. The van der Waals surface area contributed by atoms with Crippen molar-refractivity contribution in [2.75, 3.05) is 31.1 Å². The minimum Gasteiger partial charge on any atom is -0.339 e. The van der Waals surface area contributed by atoms with E-state index in [0.717, 1.165) is 19.6 Å². The number of Topliss-reactive ketones (excluding diaryl/α,β-unsaturated/α-hetero) is 1. The third-order valence-electron chi connectivity index (χ3n) is 3.35. The first-order valence-electron chi connectivity index (χ1n) is 6.94. The lowest BCUT2D eigenvalue weighted by Crippen LogP contribution is -2.51. The smallest absolute Gasteiger partial charge is 0.232 e. The number of nitrogens with zero attached hydrogens (tertiary/aromatic N) is 1. The Balaban J connectivity index is 0.00000242.